The van der Waals surface area contributed by atoms with Gasteiger partial charge in [-0.25, -0.2) is 4.79 Å². The highest BCUT2D eigenvalue weighted by Crippen LogP contribution is 2.33. The highest BCUT2D eigenvalue weighted by molar-refractivity contribution is 5.90. The van der Waals surface area contributed by atoms with E-state index >= 15 is 0 Å². The number of rotatable bonds is 3. The van der Waals surface area contributed by atoms with E-state index in [0.717, 1.165) is 24.2 Å². The molecule has 1 aliphatic carbocycles. The highest BCUT2D eigenvalue weighted by atomic mass is 16.4. The van der Waals surface area contributed by atoms with Gasteiger partial charge in [-0.3, -0.25) is 0 Å². The molecule has 0 atom stereocenters. The Hall–Kier alpha value is -2.24. The first-order valence-corrected chi connectivity index (χ1v) is 6.79. The van der Waals surface area contributed by atoms with Gasteiger partial charge in [0.2, 0.25) is 0 Å². The number of carboxylic acid groups (broad SMARTS) is 1. The van der Waals surface area contributed by atoms with Crippen LogP contribution in [0, 0.1) is 6.92 Å². The fourth-order valence-electron chi connectivity index (χ4n) is 2.79. The maximum Gasteiger partial charge on any atom is 0.336 e. The minimum Gasteiger partial charge on any atom is -0.478 e. The zero-order chi connectivity index (χ0) is 14.1. The number of tetrazole rings is 1. The fourth-order valence-corrected chi connectivity index (χ4v) is 2.79. The standard InChI is InChI=1S/C14H16N4O2/c1-9-6-7-11(8-12(9)14(19)20)18-13(15-16-17-18)10-4-2-3-5-10/h6-8,10H,2-5H2,1H3,(H,19,20). The third-order valence-corrected chi connectivity index (χ3v) is 3.91. The molecule has 3 rings (SSSR count). The quantitative estimate of drug-likeness (QED) is 0.927. The van der Waals surface area contributed by atoms with Crippen molar-refractivity contribution in [2.24, 2.45) is 0 Å². The normalized spacial score (nSPS) is 15.7. The molecular weight excluding hydrogens is 256 g/mol. The second-order valence-electron chi connectivity index (χ2n) is 5.23. The summed E-state index contributed by atoms with van der Waals surface area (Å²) in [5.41, 5.74) is 1.73. The number of carboxylic acids is 1. The van der Waals surface area contributed by atoms with Gasteiger partial charge in [0.05, 0.1) is 11.3 Å². The van der Waals surface area contributed by atoms with Crippen molar-refractivity contribution < 1.29 is 9.90 Å². The van der Waals surface area contributed by atoms with Crippen molar-refractivity contribution in [3.63, 3.8) is 0 Å². The number of hydrogen-bond donors (Lipinski definition) is 1. The molecule has 104 valence electrons. The number of nitrogens with zero attached hydrogens (tertiary/aromatic N) is 4. The van der Waals surface area contributed by atoms with Crippen molar-refractivity contribution in [3.8, 4) is 5.69 Å². The second kappa shape index (κ2) is 5.03. The summed E-state index contributed by atoms with van der Waals surface area (Å²) in [6.45, 7) is 1.78. The number of aromatic nitrogens is 4. The van der Waals surface area contributed by atoms with E-state index in [4.69, 9.17) is 0 Å². The van der Waals surface area contributed by atoms with Gasteiger partial charge in [0.15, 0.2) is 5.82 Å². The number of carbonyl (C=O) groups is 1. The van der Waals surface area contributed by atoms with Gasteiger partial charge in [0, 0.05) is 5.92 Å². The third-order valence-electron chi connectivity index (χ3n) is 3.91. The van der Waals surface area contributed by atoms with Crippen LogP contribution in [-0.2, 0) is 0 Å². The zero-order valence-corrected chi connectivity index (χ0v) is 11.3. The molecule has 1 fully saturated rings. The summed E-state index contributed by atoms with van der Waals surface area (Å²) in [5.74, 6) is 0.280. The van der Waals surface area contributed by atoms with Crippen LogP contribution in [0.5, 0.6) is 0 Å². The molecule has 2 aromatic rings. The monoisotopic (exact) mass is 272 g/mol. The number of hydrogen-bond acceptors (Lipinski definition) is 4. The Labute approximate surface area is 116 Å². The highest BCUT2D eigenvalue weighted by Gasteiger charge is 2.24. The van der Waals surface area contributed by atoms with E-state index in [1.54, 1.807) is 23.7 Å². The largest absolute Gasteiger partial charge is 0.478 e. The SMILES string of the molecule is Cc1ccc(-n2nnnc2C2CCCC2)cc1C(=O)O. The molecular formula is C14H16N4O2. The molecule has 1 saturated carbocycles. The van der Waals surface area contributed by atoms with Crippen molar-refractivity contribution in [1.29, 1.82) is 0 Å². The van der Waals surface area contributed by atoms with Gasteiger partial charge in [-0.05, 0) is 47.9 Å². The number of aromatic carboxylic acids is 1. The first kappa shape index (κ1) is 12.8. The third kappa shape index (κ3) is 2.17. The lowest BCUT2D eigenvalue weighted by molar-refractivity contribution is 0.0696. The Morgan fingerprint density at radius 2 is 2.10 bits per heavy atom. The average Bonchev–Trinajstić information content (AvgIpc) is 3.09. The molecule has 1 aromatic carbocycles. The van der Waals surface area contributed by atoms with Crippen LogP contribution >= 0.6 is 0 Å². The Balaban J connectivity index is 2.03. The van der Waals surface area contributed by atoms with Crippen molar-refractivity contribution in [2.45, 2.75) is 38.5 Å². The fraction of sp³-hybridized carbons (Fsp3) is 0.429. The minimum absolute atomic E-state index is 0.287. The molecule has 0 amide bonds. The molecule has 1 aromatic heterocycles. The summed E-state index contributed by atoms with van der Waals surface area (Å²) >= 11 is 0. The van der Waals surface area contributed by atoms with E-state index in [1.807, 2.05) is 6.07 Å². The maximum absolute atomic E-state index is 11.2. The van der Waals surface area contributed by atoms with Crippen LogP contribution in [0.4, 0.5) is 0 Å². The van der Waals surface area contributed by atoms with E-state index in [1.165, 1.54) is 12.8 Å². The van der Waals surface area contributed by atoms with Crippen LogP contribution < -0.4 is 0 Å². The van der Waals surface area contributed by atoms with Crippen LogP contribution in [0.15, 0.2) is 18.2 Å². The summed E-state index contributed by atoms with van der Waals surface area (Å²) in [6, 6.07) is 5.28. The van der Waals surface area contributed by atoms with Crippen LogP contribution in [0.1, 0.15) is 53.3 Å². The molecule has 0 radical (unpaired) electrons. The van der Waals surface area contributed by atoms with Crippen LogP contribution in [-0.4, -0.2) is 31.3 Å². The van der Waals surface area contributed by atoms with E-state index in [2.05, 4.69) is 15.5 Å². The van der Waals surface area contributed by atoms with Crippen LogP contribution in [0.25, 0.3) is 5.69 Å². The Morgan fingerprint density at radius 3 is 2.80 bits per heavy atom. The van der Waals surface area contributed by atoms with Crippen LogP contribution in [0.3, 0.4) is 0 Å². The summed E-state index contributed by atoms with van der Waals surface area (Å²) in [7, 11) is 0. The van der Waals surface area contributed by atoms with Gasteiger partial charge in [0.1, 0.15) is 0 Å². The van der Waals surface area contributed by atoms with E-state index < -0.39 is 5.97 Å². The first-order valence-electron chi connectivity index (χ1n) is 6.79. The van der Waals surface area contributed by atoms with Gasteiger partial charge in [0.25, 0.3) is 0 Å². The molecule has 6 heteroatoms. The van der Waals surface area contributed by atoms with E-state index in [0.29, 0.717) is 11.6 Å². The molecule has 0 unspecified atom stereocenters. The molecule has 6 nitrogen and oxygen atoms in total. The molecule has 1 aliphatic rings. The second-order valence-corrected chi connectivity index (χ2v) is 5.23. The van der Waals surface area contributed by atoms with Crippen molar-refractivity contribution in [3.05, 3.63) is 35.2 Å². The molecule has 1 heterocycles. The van der Waals surface area contributed by atoms with Gasteiger partial charge in [-0.2, -0.15) is 4.68 Å². The molecule has 0 spiro atoms. The predicted molar refractivity (Wildman–Crippen MR) is 72.1 cm³/mol. The van der Waals surface area contributed by atoms with Crippen molar-refractivity contribution in [2.75, 3.05) is 0 Å². The van der Waals surface area contributed by atoms with Gasteiger partial charge in [-0.1, -0.05) is 18.9 Å². The lowest BCUT2D eigenvalue weighted by atomic mass is 10.1. The lowest BCUT2D eigenvalue weighted by Crippen LogP contribution is -2.08. The van der Waals surface area contributed by atoms with Gasteiger partial charge in [-0.15, -0.1) is 5.10 Å². The topological polar surface area (TPSA) is 80.9 Å². The van der Waals surface area contributed by atoms with Crippen molar-refractivity contribution >= 4 is 5.97 Å². The zero-order valence-electron chi connectivity index (χ0n) is 11.3. The summed E-state index contributed by atoms with van der Waals surface area (Å²) < 4.78 is 1.67. The smallest absolute Gasteiger partial charge is 0.336 e. The van der Waals surface area contributed by atoms with Crippen LogP contribution in [0.2, 0.25) is 0 Å². The first-order chi connectivity index (χ1) is 9.66. The Kier molecular flexibility index (Phi) is 3.22. The molecule has 0 saturated heterocycles. The number of benzene rings is 1. The molecule has 1 N–H and O–H groups in total. The Bertz CT molecular complexity index is 644. The molecule has 20 heavy (non-hydrogen) atoms. The number of aryl methyl sites for hydroxylation is 1. The predicted octanol–water partition coefficient (Wildman–Crippen LogP) is 2.33. The minimum atomic E-state index is -0.931. The van der Waals surface area contributed by atoms with Crippen molar-refractivity contribution in [1.82, 2.24) is 20.2 Å². The molecule has 0 bridgehead atoms. The average molecular weight is 272 g/mol. The van der Waals surface area contributed by atoms with E-state index in [9.17, 15) is 9.90 Å². The summed E-state index contributed by atoms with van der Waals surface area (Å²) in [4.78, 5) is 11.2. The summed E-state index contributed by atoms with van der Waals surface area (Å²) in [6.07, 6.45) is 4.59. The van der Waals surface area contributed by atoms with Gasteiger partial charge >= 0.3 is 5.97 Å². The lowest BCUT2D eigenvalue weighted by Gasteiger charge is -2.10. The molecule has 0 aliphatic heterocycles. The maximum atomic E-state index is 11.2. The Morgan fingerprint density at radius 1 is 1.35 bits per heavy atom. The van der Waals surface area contributed by atoms with E-state index in [-0.39, 0.29) is 5.56 Å². The van der Waals surface area contributed by atoms with Gasteiger partial charge < -0.3 is 5.11 Å². The summed E-state index contributed by atoms with van der Waals surface area (Å²) in [5, 5.41) is 21.1.